The molecule has 0 aliphatic rings. The molecular formula is C9H16O2Si. The quantitative estimate of drug-likeness (QED) is 0.373. The first kappa shape index (κ1) is 7.87. The lowest BCUT2D eigenvalue weighted by Crippen LogP contribution is -2.16. The Labute approximate surface area is 78.1 Å². The van der Waals surface area contributed by atoms with Gasteiger partial charge in [0, 0.05) is 0 Å². The maximum Gasteiger partial charge on any atom is 0.317 e. The van der Waals surface area contributed by atoms with E-state index < -0.39 is 20.4 Å². The van der Waals surface area contributed by atoms with Crippen LogP contribution in [0.5, 0.6) is 0 Å². The summed E-state index contributed by atoms with van der Waals surface area (Å²) in [7, 11) is -1.64. The standard InChI is InChI=1S/C9H16O2Si/c1-5-11-9(10)7-6-8-12(2,3)4/h5,7H2,1-4H3/i7D2. The highest BCUT2D eigenvalue weighted by Gasteiger charge is 2.07. The van der Waals surface area contributed by atoms with Gasteiger partial charge in [-0.3, -0.25) is 4.79 Å². The fourth-order valence-corrected chi connectivity index (χ4v) is 0.874. The van der Waals surface area contributed by atoms with Crippen LogP contribution in [0.4, 0.5) is 0 Å². The topological polar surface area (TPSA) is 26.3 Å². The van der Waals surface area contributed by atoms with Crippen molar-refractivity contribution in [2.24, 2.45) is 0 Å². The smallest absolute Gasteiger partial charge is 0.317 e. The Balaban J connectivity index is 4.61. The first-order chi connectivity index (χ1) is 6.19. The highest BCUT2D eigenvalue weighted by Crippen LogP contribution is 1.96. The van der Waals surface area contributed by atoms with E-state index in [0.717, 1.165) is 0 Å². The van der Waals surface area contributed by atoms with Crippen LogP contribution in [0.2, 0.25) is 19.6 Å². The van der Waals surface area contributed by atoms with Crippen LogP contribution in [0, 0.1) is 11.5 Å². The summed E-state index contributed by atoms with van der Waals surface area (Å²) in [4.78, 5) is 11.1. The van der Waals surface area contributed by atoms with Gasteiger partial charge in [0.05, 0.1) is 9.35 Å². The summed E-state index contributed by atoms with van der Waals surface area (Å²) >= 11 is 0. The molecule has 0 aromatic heterocycles. The van der Waals surface area contributed by atoms with Crippen molar-refractivity contribution in [2.45, 2.75) is 32.9 Å². The van der Waals surface area contributed by atoms with Crippen molar-refractivity contribution in [1.29, 1.82) is 0 Å². The Kier molecular flexibility index (Phi) is 3.28. The molecule has 0 saturated heterocycles. The van der Waals surface area contributed by atoms with Crippen molar-refractivity contribution in [3.8, 4) is 11.5 Å². The number of ether oxygens (including phenoxy) is 1. The van der Waals surface area contributed by atoms with Gasteiger partial charge >= 0.3 is 5.97 Å². The molecule has 0 radical (unpaired) electrons. The van der Waals surface area contributed by atoms with Crippen LogP contribution >= 0.6 is 0 Å². The van der Waals surface area contributed by atoms with Gasteiger partial charge in [-0.2, -0.15) is 0 Å². The minimum atomic E-state index is -2.17. The van der Waals surface area contributed by atoms with Crippen LogP contribution in [-0.4, -0.2) is 20.7 Å². The zero-order valence-corrected chi connectivity index (χ0v) is 9.02. The molecule has 0 N–H and O–H groups in total. The van der Waals surface area contributed by atoms with E-state index in [9.17, 15) is 4.79 Å². The van der Waals surface area contributed by atoms with Crippen molar-refractivity contribution in [3.63, 3.8) is 0 Å². The Hall–Kier alpha value is -0.753. The number of rotatable bonds is 2. The van der Waals surface area contributed by atoms with Crippen molar-refractivity contribution in [3.05, 3.63) is 0 Å². The molecule has 0 spiro atoms. The second-order valence-electron chi connectivity index (χ2n) is 3.35. The average molecular weight is 186 g/mol. The summed E-state index contributed by atoms with van der Waals surface area (Å²) in [5, 5.41) is 0. The van der Waals surface area contributed by atoms with Gasteiger partial charge in [-0.15, -0.1) is 5.54 Å². The third-order valence-electron chi connectivity index (χ3n) is 0.877. The first-order valence-electron chi connectivity index (χ1n) is 4.90. The van der Waals surface area contributed by atoms with Crippen LogP contribution < -0.4 is 0 Å². The molecule has 0 aliphatic carbocycles. The third-order valence-corrected chi connectivity index (χ3v) is 1.75. The highest BCUT2D eigenvalue weighted by molar-refractivity contribution is 6.83. The van der Waals surface area contributed by atoms with Crippen LogP contribution in [0.15, 0.2) is 0 Å². The maximum absolute atomic E-state index is 11.1. The summed E-state index contributed by atoms with van der Waals surface area (Å²) in [6.07, 6.45) is -2.17. The molecule has 0 aromatic rings. The van der Waals surface area contributed by atoms with E-state index in [0.29, 0.717) is 0 Å². The molecule has 0 saturated carbocycles. The van der Waals surface area contributed by atoms with E-state index >= 15 is 0 Å². The summed E-state index contributed by atoms with van der Waals surface area (Å²) < 4.78 is 19.3. The zero-order chi connectivity index (χ0) is 11.4. The van der Waals surface area contributed by atoms with E-state index in [1.165, 1.54) is 0 Å². The largest absolute Gasteiger partial charge is 0.465 e. The Bertz CT molecular complexity index is 271. The molecule has 0 rings (SSSR count). The minimum Gasteiger partial charge on any atom is -0.465 e. The summed E-state index contributed by atoms with van der Waals surface area (Å²) in [5.41, 5.74) is 2.81. The number of hydrogen-bond donors (Lipinski definition) is 0. The monoisotopic (exact) mass is 186 g/mol. The molecule has 0 heterocycles. The number of carbonyl (C=O) groups excluding carboxylic acids is 1. The van der Waals surface area contributed by atoms with Gasteiger partial charge in [0.15, 0.2) is 0 Å². The zero-order valence-electron chi connectivity index (χ0n) is 10.0. The van der Waals surface area contributed by atoms with Gasteiger partial charge in [-0.25, -0.2) is 0 Å². The lowest BCUT2D eigenvalue weighted by Gasteiger charge is -2.03. The Morgan fingerprint density at radius 3 is 2.58 bits per heavy atom. The van der Waals surface area contributed by atoms with Gasteiger partial charge < -0.3 is 4.74 Å². The molecule has 3 heteroatoms. The van der Waals surface area contributed by atoms with E-state index in [2.05, 4.69) is 16.2 Å². The normalized spacial score (nSPS) is 13.7. The van der Waals surface area contributed by atoms with Crippen molar-refractivity contribution >= 4 is 14.0 Å². The molecule has 0 fully saturated rings. The van der Waals surface area contributed by atoms with Gasteiger partial charge in [-0.1, -0.05) is 25.6 Å². The molecule has 0 amide bonds. The van der Waals surface area contributed by atoms with E-state index in [4.69, 9.17) is 2.74 Å². The molecule has 0 unspecified atom stereocenters. The second kappa shape index (κ2) is 4.99. The lowest BCUT2D eigenvalue weighted by molar-refractivity contribution is -0.141. The molecule has 0 bridgehead atoms. The van der Waals surface area contributed by atoms with Gasteiger partial charge in [-0.05, 0) is 6.92 Å². The second-order valence-corrected chi connectivity index (χ2v) is 8.10. The number of carbonyl (C=O) groups is 1. The predicted molar refractivity (Wildman–Crippen MR) is 52.4 cm³/mol. The fraction of sp³-hybridized carbons (Fsp3) is 0.667. The van der Waals surface area contributed by atoms with Crippen LogP contribution in [0.1, 0.15) is 16.0 Å². The summed E-state index contributed by atoms with van der Waals surface area (Å²) in [6, 6.07) is 0. The molecule has 0 atom stereocenters. The average Bonchev–Trinajstić information content (AvgIpc) is 2.00. The van der Waals surface area contributed by atoms with Crippen molar-refractivity contribution in [2.75, 3.05) is 6.61 Å². The number of hydrogen-bond acceptors (Lipinski definition) is 2. The molecule has 2 nitrogen and oxygen atoms in total. The molecule has 0 aromatic carbocycles. The van der Waals surface area contributed by atoms with Crippen LogP contribution in [0.25, 0.3) is 0 Å². The first-order valence-corrected chi connectivity index (χ1v) is 7.40. The SMILES string of the molecule is [2H]C([2H])(C#C[Si](C)(C)C)C(=O)OCC. The van der Waals surface area contributed by atoms with E-state index in [-0.39, 0.29) is 6.61 Å². The Morgan fingerprint density at radius 2 is 2.17 bits per heavy atom. The van der Waals surface area contributed by atoms with Gasteiger partial charge in [0.25, 0.3) is 0 Å². The summed E-state index contributed by atoms with van der Waals surface area (Å²) in [5.74, 6) is 1.46. The summed E-state index contributed by atoms with van der Waals surface area (Å²) in [6.45, 7) is 7.77. The van der Waals surface area contributed by atoms with Gasteiger partial charge in [0.1, 0.15) is 14.4 Å². The van der Waals surface area contributed by atoms with Gasteiger partial charge in [0.2, 0.25) is 0 Å². The number of esters is 1. The highest BCUT2D eigenvalue weighted by atomic mass is 28.3. The van der Waals surface area contributed by atoms with E-state index in [1.807, 2.05) is 19.6 Å². The Morgan fingerprint density at radius 1 is 1.58 bits per heavy atom. The fourth-order valence-electron chi connectivity index (χ4n) is 0.437. The van der Waals surface area contributed by atoms with Crippen molar-refractivity contribution < 1.29 is 12.3 Å². The van der Waals surface area contributed by atoms with Crippen LogP contribution in [0.3, 0.4) is 0 Å². The molecule has 12 heavy (non-hydrogen) atoms. The lowest BCUT2D eigenvalue weighted by atomic mass is 10.5. The molecule has 0 aliphatic heterocycles. The third kappa shape index (κ3) is 7.36. The van der Waals surface area contributed by atoms with Crippen LogP contribution in [-0.2, 0) is 9.53 Å². The molecular weight excluding hydrogens is 168 g/mol. The van der Waals surface area contributed by atoms with E-state index in [1.54, 1.807) is 6.92 Å². The minimum absolute atomic E-state index is 0.174. The molecule has 68 valence electrons. The maximum atomic E-state index is 11.1. The predicted octanol–water partition coefficient (Wildman–Crippen LogP) is 1.82. The van der Waals surface area contributed by atoms with Crippen molar-refractivity contribution in [1.82, 2.24) is 0 Å².